The number of unbranched alkanes of at least 4 members (excludes halogenated alkanes) is 1. The fraction of sp³-hybridized carbons (Fsp3) is 0.833. The van der Waals surface area contributed by atoms with E-state index in [2.05, 4.69) is 11.7 Å². The van der Waals surface area contributed by atoms with E-state index >= 15 is 0 Å². The fourth-order valence-corrected chi connectivity index (χ4v) is 1.38. The summed E-state index contributed by atoms with van der Waals surface area (Å²) in [4.78, 5) is 22.0. The Labute approximate surface area is 97.3 Å². The molecule has 94 valence electrons. The third kappa shape index (κ3) is 7.26. The van der Waals surface area contributed by atoms with Gasteiger partial charge in [0.05, 0.1) is 5.92 Å². The molecular weight excluding hydrogens is 208 g/mol. The molecule has 0 aliphatic heterocycles. The topological polar surface area (TPSA) is 52.6 Å². The maximum absolute atomic E-state index is 11.6. The van der Waals surface area contributed by atoms with E-state index in [1.165, 1.54) is 6.92 Å². The molecule has 0 amide bonds. The van der Waals surface area contributed by atoms with Gasteiger partial charge in [-0.15, -0.1) is 0 Å². The van der Waals surface area contributed by atoms with Crippen molar-refractivity contribution in [3.05, 3.63) is 0 Å². The summed E-state index contributed by atoms with van der Waals surface area (Å²) >= 11 is 0. The summed E-state index contributed by atoms with van der Waals surface area (Å²) in [7, 11) is 0. The van der Waals surface area contributed by atoms with Crippen LogP contribution in [0.4, 0.5) is 0 Å². The Balaban J connectivity index is 3.70. The molecule has 0 radical (unpaired) electrons. The molecule has 16 heavy (non-hydrogen) atoms. The molecule has 0 N–H and O–H groups in total. The van der Waals surface area contributed by atoms with Gasteiger partial charge < -0.3 is 9.47 Å². The van der Waals surface area contributed by atoms with Gasteiger partial charge in [0.25, 0.3) is 0 Å². The maximum Gasteiger partial charge on any atom is 0.309 e. The van der Waals surface area contributed by atoms with Crippen LogP contribution in [0.2, 0.25) is 0 Å². The van der Waals surface area contributed by atoms with Gasteiger partial charge in [-0.05, 0) is 12.8 Å². The summed E-state index contributed by atoms with van der Waals surface area (Å²) < 4.78 is 9.70. The second-order valence-corrected chi connectivity index (χ2v) is 3.75. The lowest BCUT2D eigenvalue weighted by atomic mass is 10.00. The van der Waals surface area contributed by atoms with Gasteiger partial charge in [0.2, 0.25) is 0 Å². The lowest BCUT2D eigenvalue weighted by molar-refractivity contribution is -0.154. The van der Waals surface area contributed by atoms with Crippen LogP contribution >= 0.6 is 0 Å². The molecule has 0 aromatic carbocycles. The molecule has 0 saturated heterocycles. The van der Waals surface area contributed by atoms with Crippen LogP contribution in [0.1, 0.15) is 46.5 Å². The number of carbonyl (C=O) groups excluding carboxylic acids is 2. The van der Waals surface area contributed by atoms with Crippen molar-refractivity contribution in [2.45, 2.75) is 46.5 Å². The van der Waals surface area contributed by atoms with Crippen LogP contribution in [0.15, 0.2) is 0 Å². The molecule has 0 aromatic heterocycles. The number of carbonyl (C=O) groups is 2. The van der Waals surface area contributed by atoms with Crippen molar-refractivity contribution < 1.29 is 19.1 Å². The van der Waals surface area contributed by atoms with E-state index in [1.54, 1.807) is 0 Å². The number of rotatable bonds is 8. The van der Waals surface area contributed by atoms with Gasteiger partial charge in [-0.25, -0.2) is 0 Å². The first-order valence-corrected chi connectivity index (χ1v) is 5.91. The van der Waals surface area contributed by atoms with Crippen molar-refractivity contribution in [1.82, 2.24) is 0 Å². The molecule has 0 spiro atoms. The van der Waals surface area contributed by atoms with Gasteiger partial charge in [-0.1, -0.05) is 26.7 Å². The number of hydrogen-bond acceptors (Lipinski definition) is 4. The molecule has 0 heterocycles. The monoisotopic (exact) mass is 230 g/mol. The minimum absolute atomic E-state index is 0.0164. The Bertz CT molecular complexity index is 213. The highest BCUT2D eigenvalue weighted by Gasteiger charge is 2.16. The van der Waals surface area contributed by atoms with E-state index in [-0.39, 0.29) is 31.1 Å². The number of hydrogen-bond donors (Lipinski definition) is 0. The Morgan fingerprint density at radius 3 is 2.25 bits per heavy atom. The molecule has 4 heteroatoms. The van der Waals surface area contributed by atoms with Crippen LogP contribution in [0.25, 0.3) is 0 Å². The zero-order valence-corrected chi connectivity index (χ0v) is 10.5. The highest BCUT2D eigenvalue weighted by Crippen LogP contribution is 2.14. The van der Waals surface area contributed by atoms with Crippen LogP contribution in [-0.4, -0.2) is 25.2 Å². The van der Waals surface area contributed by atoms with E-state index in [0.717, 1.165) is 25.7 Å². The Morgan fingerprint density at radius 2 is 1.75 bits per heavy atom. The van der Waals surface area contributed by atoms with Crippen molar-refractivity contribution in [3.63, 3.8) is 0 Å². The third-order valence-electron chi connectivity index (χ3n) is 2.37. The van der Waals surface area contributed by atoms with Crippen LogP contribution in [-0.2, 0) is 19.1 Å². The minimum atomic E-state index is -0.353. The molecule has 1 atom stereocenters. The lowest BCUT2D eigenvalue weighted by Crippen LogP contribution is -2.20. The molecule has 0 fully saturated rings. The Morgan fingerprint density at radius 1 is 1.12 bits per heavy atom. The molecule has 0 aliphatic rings. The summed E-state index contributed by atoms with van der Waals surface area (Å²) in [5.41, 5.74) is 0. The predicted octanol–water partition coefficient (Wildman–Crippen LogP) is 2.31. The highest BCUT2D eigenvalue weighted by atomic mass is 16.6. The van der Waals surface area contributed by atoms with Crippen molar-refractivity contribution in [1.29, 1.82) is 0 Å². The van der Waals surface area contributed by atoms with Crippen molar-refractivity contribution in [3.8, 4) is 0 Å². The van der Waals surface area contributed by atoms with Gasteiger partial charge in [-0.3, -0.25) is 9.59 Å². The molecule has 0 saturated carbocycles. The van der Waals surface area contributed by atoms with E-state index in [9.17, 15) is 9.59 Å². The molecule has 0 aliphatic carbocycles. The molecule has 4 nitrogen and oxygen atoms in total. The standard InChI is InChI=1S/C12H22O4/c1-4-6-7-11(5-2)12(14)16-9-8-15-10(3)13/h11H,4-9H2,1-3H3. The highest BCUT2D eigenvalue weighted by molar-refractivity contribution is 5.72. The summed E-state index contributed by atoms with van der Waals surface area (Å²) in [6.45, 7) is 5.71. The second-order valence-electron chi connectivity index (χ2n) is 3.75. The van der Waals surface area contributed by atoms with E-state index in [1.807, 2.05) is 6.92 Å². The van der Waals surface area contributed by atoms with Crippen LogP contribution < -0.4 is 0 Å². The normalized spacial score (nSPS) is 11.9. The minimum Gasteiger partial charge on any atom is -0.462 e. The molecule has 0 rings (SSSR count). The molecule has 0 aromatic rings. The largest absolute Gasteiger partial charge is 0.462 e. The van der Waals surface area contributed by atoms with E-state index in [4.69, 9.17) is 4.74 Å². The molecular formula is C12H22O4. The van der Waals surface area contributed by atoms with Crippen LogP contribution in [0, 0.1) is 5.92 Å². The van der Waals surface area contributed by atoms with E-state index < -0.39 is 0 Å². The lowest BCUT2D eigenvalue weighted by Gasteiger charge is -2.13. The smallest absolute Gasteiger partial charge is 0.309 e. The van der Waals surface area contributed by atoms with Crippen molar-refractivity contribution >= 4 is 11.9 Å². The zero-order chi connectivity index (χ0) is 12.4. The SMILES string of the molecule is CCCCC(CC)C(=O)OCCOC(C)=O. The van der Waals surface area contributed by atoms with Crippen LogP contribution in [0.5, 0.6) is 0 Å². The predicted molar refractivity (Wildman–Crippen MR) is 60.9 cm³/mol. The van der Waals surface area contributed by atoms with Crippen LogP contribution in [0.3, 0.4) is 0 Å². The van der Waals surface area contributed by atoms with Crippen molar-refractivity contribution in [2.24, 2.45) is 5.92 Å². The first-order chi connectivity index (χ1) is 7.61. The molecule has 0 bridgehead atoms. The van der Waals surface area contributed by atoms with Gasteiger partial charge in [-0.2, -0.15) is 0 Å². The number of ether oxygens (including phenoxy) is 2. The van der Waals surface area contributed by atoms with Gasteiger partial charge in [0.15, 0.2) is 0 Å². The second kappa shape index (κ2) is 9.19. The fourth-order valence-electron chi connectivity index (χ4n) is 1.38. The van der Waals surface area contributed by atoms with Gasteiger partial charge in [0, 0.05) is 6.92 Å². The Kier molecular flexibility index (Phi) is 8.58. The average Bonchev–Trinajstić information content (AvgIpc) is 2.25. The average molecular weight is 230 g/mol. The first-order valence-electron chi connectivity index (χ1n) is 5.91. The summed E-state index contributed by atoms with van der Waals surface area (Å²) in [5.74, 6) is -0.547. The van der Waals surface area contributed by atoms with Gasteiger partial charge >= 0.3 is 11.9 Å². The third-order valence-corrected chi connectivity index (χ3v) is 2.37. The van der Waals surface area contributed by atoms with E-state index in [0.29, 0.717) is 0 Å². The quantitative estimate of drug-likeness (QED) is 0.474. The van der Waals surface area contributed by atoms with Gasteiger partial charge in [0.1, 0.15) is 13.2 Å². The van der Waals surface area contributed by atoms with Crippen molar-refractivity contribution in [2.75, 3.05) is 13.2 Å². The molecule has 1 unspecified atom stereocenters. The summed E-state index contributed by atoms with van der Waals surface area (Å²) in [6, 6.07) is 0. The summed E-state index contributed by atoms with van der Waals surface area (Å²) in [6.07, 6.45) is 3.79. The first kappa shape index (κ1) is 14.9. The number of esters is 2. The zero-order valence-electron chi connectivity index (χ0n) is 10.5. The Hall–Kier alpha value is -1.06. The maximum atomic E-state index is 11.6. The summed E-state index contributed by atoms with van der Waals surface area (Å²) in [5, 5.41) is 0.